The molecule has 5 aliphatic carbocycles. The molecule has 0 amide bonds. The molecule has 258 valence electrons. The summed E-state index contributed by atoms with van der Waals surface area (Å²) in [5.41, 5.74) is 19.2. The van der Waals surface area contributed by atoms with Gasteiger partial charge >= 0.3 is 0 Å². The fourth-order valence-corrected chi connectivity index (χ4v) is 10.7. The van der Waals surface area contributed by atoms with Gasteiger partial charge in [0.2, 0.25) is 0 Å². The van der Waals surface area contributed by atoms with Crippen LogP contribution in [0.4, 0.5) is 11.4 Å². The number of rotatable bonds is 4. The summed E-state index contributed by atoms with van der Waals surface area (Å²) in [7, 11) is 0. The number of fused-ring (bicyclic) bond motifs is 8. The second-order valence-electron chi connectivity index (χ2n) is 17.0. The van der Waals surface area contributed by atoms with Crippen LogP contribution in [0.3, 0.4) is 0 Å². The number of nitrogens with zero attached hydrogens (tertiary/aromatic N) is 2. The van der Waals surface area contributed by atoms with Crippen molar-refractivity contribution in [2.45, 2.75) is 72.1 Å². The van der Waals surface area contributed by atoms with Gasteiger partial charge in [-0.25, -0.2) is 0 Å². The van der Waals surface area contributed by atoms with Gasteiger partial charge in [0.1, 0.15) is 0 Å². The average molecular weight is 677 g/mol. The Kier molecular flexibility index (Phi) is 6.82. The van der Waals surface area contributed by atoms with Crippen LogP contribution in [0, 0.1) is 17.3 Å². The maximum absolute atomic E-state index is 2.57. The maximum atomic E-state index is 2.57. The van der Waals surface area contributed by atoms with E-state index in [2.05, 4.69) is 178 Å². The predicted molar refractivity (Wildman–Crippen MR) is 219 cm³/mol. The number of para-hydroxylation sites is 1. The number of anilines is 2. The van der Waals surface area contributed by atoms with E-state index in [4.69, 9.17) is 0 Å². The molecule has 3 unspecified atom stereocenters. The number of allylic oxidation sites excluding steroid dienone is 8. The van der Waals surface area contributed by atoms with Crippen molar-refractivity contribution in [1.82, 2.24) is 4.57 Å². The molecular formula is C50H48N2. The van der Waals surface area contributed by atoms with E-state index in [1.165, 1.54) is 73.6 Å². The molecule has 3 atom stereocenters. The Bertz CT molecular complexity index is 2470. The van der Waals surface area contributed by atoms with Crippen LogP contribution in [0.1, 0.15) is 89.1 Å². The van der Waals surface area contributed by atoms with Gasteiger partial charge in [-0.2, -0.15) is 0 Å². The van der Waals surface area contributed by atoms with Crippen LogP contribution in [-0.4, -0.2) is 4.57 Å². The normalized spacial score (nSPS) is 23.1. The summed E-state index contributed by atoms with van der Waals surface area (Å²) in [4.78, 5) is 2.57. The Morgan fingerprint density at radius 3 is 2.33 bits per heavy atom. The smallest absolute Gasteiger partial charge is 0.0539 e. The van der Waals surface area contributed by atoms with Crippen LogP contribution in [0.2, 0.25) is 0 Å². The molecule has 0 aliphatic heterocycles. The number of aromatic nitrogens is 1. The van der Waals surface area contributed by atoms with Crippen LogP contribution in [-0.2, 0) is 5.41 Å². The quantitative estimate of drug-likeness (QED) is 0.184. The minimum absolute atomic E-state index is 0.00872. The first-order chi connectivity index (χ1) is 25.1. The first kappa shape index (κ1) is 31.6. The van der Waals surface area contributed by atoms with Crippen molar-refractivity contribution in [3.05, 3.63) is 166 Å². The molecule has 0 spiro atoms. The van der Waals surface area contributed by atoms with E-state index in [0.717, 1.165) is 12.8 Å². The second kappa shape index (κ2) is 11.2. The summed E-state index contributed by atoms with van der Waals surface area (Å²) in [5.74, 6) is 1.33. The van der Waals surface area contributed by atoms with Gasteiger partial charge in [0, 0.05) is 62.1 Å². The summed E-state index contributed by atoms with van der Waals surface area (Å²) in [6.45, 7) is 14.5. The monoisotopic (exact) mass is 676 g/mol. The van der Waals surface area contributed by atoms with E-state index in [9.17, 15) is 0 Å². The van der Waals surface area contributed by atoms with E-state index in [0.29, 0.717) is 17.8 Å². The van der Waals surface area contributed by atoms with Crippen molar-refractivity contribution in [1.29, 1.82) is 0 Å². The lowest BCUT2D eigenvalue weighted by Crippen LogP contribution is -2.26. The zero-order valence-electron chi connectivity index (χ0n) is 31.4. The first-order valence-electron chi connectivity index (χ1n) is 19.4. The van der Waals surface area contributed by atoms with Crippen LogP contribution in [0.5, 0.6) is 0 Å². The lowest BCUT2D eigenvalue weighted by Gasteiger charge is -2.36. The van der Waals surface area contributed by atoms with Crippen molar-refractivity contribution in [3.8, 4) is 16.8 Å². The third-order valence-electron chi connectivity index (χ3n) is 13.2. The Balaban J connectivity index is 1.19. The molecule has 0 saturated carbocycles. The highest BCUT2D eigenvalue weighted by atomic mass is 15.1. The Labute approximate surface area is 309 Å². The molecule has 5 aliphatic rings. The van der Waals surface area contributed by atoms with Gasteiger partial charge in [-0.15, -0.1) is 0 Å². The summed E-state index contributed by atoms with van der Waals surface area (Å²) in [6.07, 6.45) is 18.1. The van der Waals surface area contributed by atoms with Gasteiger partial charge in [0.05, 0.1) is 5.52 Å². The lowest BCUT2D eigenvalue weighted by molar-refractivity contribution is 0.469. The predicted octanol–water partition coefficient (Wildman–Crippen LogP) is 13.4. The van der Waals surface area contributed by atoms with Crippen molar-refractivity contribution < 1.29 is 0 Å². The van der Waals surface area contributed by atoms with E-state index in [1.54, 1.807) is 16.7 Å². The molecule has 2 heteroatoms. The minimum Gasteiger partial charge on any atom is -0.313 e. The van der Waals surface area contributed by atoms with Crippen LogP contribution in [0.15, 0.2) is 144 Å². The summed E-state index contributed by atoms with van der Waals surface area (Å²) in [5, 5.41) is 1.32. The van der Waals surface area contributed by atoms with Crippen LogP contribution >= 0.6 is 0 Å². The summed E-state index contributed by atoms with van der Waals surface area (Å²) < 4.78 is 2.52. The third kappa shape index (κ3) is 4.36. The summed E-state index contributed by atoms with van der Waals surface area (Å²) in [6, 6.07) is 34.4. The molecule has 2 nitrogen and oxygen atoms in total. The van der Waals surface area contributed by atoms with E-state index < -0.39 is 0 Å². The van der Waals surface area contributed by atoms with Crippen molar-refractivity contribution in [2.75, 3.05) is 4.90 Å². The van der Waals surface area contributed by atoms with E-state index in [-0.39, 0.29) is 10.8 Å². The van der Waals surface area contributed by atoms with Gasteiger partial charge in [0.15, 0.2) is 0 Å². The van der Waals surface area contributed by atoms with Crippen molar-refractivity contribution in [3.63, 3.8) is 0 Å². The molecule has 0 saturated heterocycles. The molecule has 0 bridgehead atoms. The average Bonchev–Trinajstić information content (AvgIpc) is 3.70. The largest absolute Gasteiger partial charge is 0.313 e. The van der Waals surface area contributed by atoms with E-state index >= 15 is 0 Å². The SMILES string of the molecule is CC1CC=Cc2c1n(-c1ccccc1)c1ccc(N(C3=CC(C)C4C(=C3)C(C)(C)C3=C4CCC=C3)c3ccc4c(c3)C(C)(C)c3ccccc3-4)cc21. The van der Waals surface area contributed by atoms with E-state index in [1.807, 2.05) is 0 Å². The molecule has 0 radical (unpaired) electrons. The zero-order chi connectivity index (χ0) is 35.5. The fourth-order valence-electron chi connectivity index (χ4n) is 10.7. The minimum atomic E-state index is -0.0784. The number of hydrogen-bond acceptors (Lipinski definition) is 1. The van der Waals surface area contributed by atoms with Crippen LogP contribution in [0.25, 0.3) is 33.8 Å². The van der Waals surface area contributed by atoms with Gasteiger partial charge < -0.3 is 9.47 Å². The van der Waals surface area contributed by atoms with Crippen LogP contribution < -0.4 is 4.90 Å². The topological polar surface area (TPSA) is 8.17 Å². The van der Waals surface area contributed by atoms with Crippen molar-refractivity contribution >= 4 is 28.4 Å². The molecule has 1 aromatic heterocycles. The van der Waals surface area contributed by atoms with Gasteiger partial charge in [-0.3, -0.25) is 0 Å². The number of benzene rings is 4. The molecule has 1 heterocycles. The Morgan fingerprint density at radius 1 is 0.731 bits per heavy atom. The van der Waals surface area contributed by atoms with Gasteiger partial charge in [-0.05, 0) is 102 Å². The molecule has 52 heavy (non-hydrogen) atoms. The molecule has 0 N–H and O–H groups in total. The highest BCUT2D eigenvalue weighted by molar-refractivity contribution is 5.97. The highest BCUT2D eigenvalue weighted by Gasteiger charge is 2.46. The Hall–Kier alpha value is -5.08. The third-order valence-corrected chi connectivity index (χ3v) is 13.2. The molecule has 10 rings (SSSR count). The maximum Gasteiger partial charge on any atom is 0.0539 e. The fraction of sp³-hybridized carbons (Fsp3) is 0.280. The standard InChI is InChI=1S/C50H48N2/c1-31-15-14-20-39-41-28-34(24-26-46(41)52(48(31)39)33-16-8-7-9-17-33)51(35-23-25-38-37-18-10-12-21-42(37)49(3,4)44(38)29-35)36-27-32(2)47-40-19-11-13-22-43(40)50(5,6)45(47)30-36/h7-10,12-14,16-18,20-32,47H,11,15,19H2,1-6H3. The van der Waals surface area contributed by atoms with Gasteiger partial charge in [-0.1, -0.05) is 132 Å². The molecule has 0 fully saturated rings. The summed E-state index contributed by atoms with van der Waals surface area (Å²) >= 11 is 0. The number of hydrogen-bond donors (Lipinski definition) is 0. The highest BCUT2D eigenvalue weighted by Crippen LogP contribution is 2.58. The van der Waals surface area contributed by atoms with Crippen molar-refractivity contribution in [2.24, 2.45) is 17.3 Å². The Morgan fingerprint density at radius 2 is 1.48 bits per heavy atom. The van der Waals surface area contributed by atoms with Gasteiger partial charge in [0.25, 0.3) is 0 Å². The second-order valence-corrected chi connectivity index (χ2v) is 17.0. The first-order valence-corrected chi connectivity index (χ1v) is 19.4. The molecule has 4 aromatic carbocycles. The molecule has 5 aromatic rings. The zero-order valence-corrected chi connectivity index (χ0v) is 31.4. The molecular weight excluding hydrogens is 629 g/mol. The lowest BCUT2D eigenvalue weighted by atomic mass is 9.73.